The van der Waals surface area contributed by atoms with Crippen LogP contribution in [0, 0.1) is 0 Å². The SMILES string of the molecule is CCCNC1CCCc2sc(CC(C)OC)nc21. The maximum absolute atomic E-state index is 5.33. The minimum absolute atomic E-state index is 0.264. The number of aryl methyl sites for hydroxylation is 1. The average molecular weight is 268 g/mol. The lowest BCUT2D eigenvalue weighted by Crippen LogP contribution is -2.25. The normalized spacial score (nSPS) is 20.7. The lowest BCUT2D eigenvalue weighted by atomic mass is 9.97. The van der Waals surface area contributed by atoms with Crippen molar-refractivity contribution in [3.63, 3.8) is 0 Å². The van der Waals surface area contributed by atoms with Crippen molar-refractivity contribution in [1.29, 1.82) is 0 Å². The zero-order valence-corrected chi connectivity index (χ0v) is 12.5. The van der Waals surface area contributed by atoms with Gasteiger partial charge < -0.3 is 10.1 Å². The van der Waals surface area contributed by atoms with Gasteiger partial charge in [-0.25, -0.2) is 4.98 Å². The van der Waals surface area contributed by atoms with Gasteiger partial charge in [-0.2, -0.15) is 0 Å². The van der Waals surface area contributed by atoms with E-state index in [0.717, 1.165) is 13.0 Å². The third-order valence-corrected chi connectivity index (χ3v) is 4.66. The number of rotatable bonds is 6. The first-order chi connectivity index (χ1) is 8.74. The Morgan fingerprint density at radius 2 is 2.39 bits per heavy atom. The van der Waals surface area contributed by atoms with Crippen LogP contribution in [0.2, 0.25) is 0 Å². The van der Waals surface area contributed by atoms with E-state index < -0.39 is 0 Å². The Bertz CT molecular complexity index is 378. The number of thiazole rings is 1. The van der Waals surface area contributed by atoms with Crippen LogP contribution in [0.25, 0.3) is 0 Å². The fraction of sp³-hybridized carbons (Fsp3) is 0.786. The highest BCUT2D eigenvalue weighted by Gasteiger charge is 2.24. The minimum Gasteiger partial charge on any atom is -0.381 e. The van der Waals surface area contributed by atoms with E-state index in [-0.39, 0.29) is 6.10 Å². The van der Waals surface area contributed by atoms with Gasteiger partial charge in [-0.3, -0.25) is 0 Å². The smallest absolute Gasteiger partial charge is 0.0957 e. The number of hydrogen-bond acceptors (Lipinski definition) is 4. The number of hydrogen-bond donors (Lipinski definition) is 1. The van der Waals surface area contributed by atoms with Crippen LogP contribution in [0.4, 0.5) is 0 Å². The molecular formula is C14H24N2OS. The molecule has 0 radical (unpaired) electrons. The summed E-state index contributed by atoms with van der Waals surface area (Å²) in [5, 5.41) is 4.86. The molecule has 102 valence electrons. The Hall–Kier alpha value is -0.450. The lowest BCUT2D eigenvalue weighted by Gasteiger charge is -2.22. The molecule has 18 heavy (non-hydrogen) atoms. The second-order valence-corrected chi connectivity index (χ2v) is 6.23. The van der Waals surface area contributed by atoms with E-state index in [1.165, 1.54) is 41.3 Å². The molecule has 1 heterocycles. The molecule has 2 rings (SSSR count). The van der Waals surface area contributed by atoms with E-state index in [2.05, 4.69) is 19.2 Å². The first-order valence-electron chi connectivity index (χ1n) is 6.99. The van der Waals surface area contributed by atoms with Crippen LogP contribution in [0.3, 0.4) is 0 Å². The zero-order chi connectivity index (χ0) is 13.0. The van der Waals surface area contributed by atoms with Gasteiger partial charge in [0.05, 0.1) is 22.8 Å². The van der Waals surface area contributed by atoms with Crippen molar-refractivity contribution in [2.45, 2.75) is 58.1 Å². The van der Waals surface area contributed by atoms with Crippen LogP contribution in [-0.2, 0) is 17.6 Å². The largest absolute Gasteiger partial charge is 0.381 e. The topological polar surface area (TPSA) is 34.1 Å². The lowest BCUT2D eigenvalue weighted by molar-refractivity contribution is 0.118. The molecule has 1 N–H and O–H groups in total. The molecule has 0 amide bonds. The Labute approximate surface area is 114 Å². The van der Waals surface area contributed by atoms with E-state index in [1.807, 2.05) is 11.3 Å². The van der Waals surface area contributed by atoms with Crippen LogP contribution in [-0.4, -0.2) is 24.7 Å². The van der Waals surface area contributed by atoms with Gasteiger partial charge in [-0.1, -0.05) is 6.92 Å². The monoisotopic (exact) mass is 268 g/mol. The van der Waals surface area contributed by atoms with Crippen molar-refractivity contribution in [2.75, 3.05) is 13.7 Å². The second kappa shape index (κ2) is 6.64. The first kappa shape index (κ1) is 14.0. The van der Waals surface area contributed by atoms with Gasteiger partial charge >= 0.3 is 0 Å². The van der Waals surface area contributed by atoms with E-state index in [4.69, 9.17) is 9.72 Å². The number of methoxy groups -OCH3 is 1. The zero-order valence-electron chi connectivity index (χ0n) is 11.7. The molecule has 2 unspecified atom stereocenters. The standard InChI is InChI=1S/C14H24N2OS/c1-4-8-15-11-6-5-7-12-14(11)16-13(18-12)9-10(2)17-3/h10-11,15H,4-9H2,1-3H3. The average Bonchev–Trinajstić information content (AvgIpc) is 2.78. The second-order valence-electron chi connectivity index (χ2n) is 5.07. The molecule has 4 heteroatoms. The molecule has 0 spiro atoms. The predicted molar refractivity (Wildman–Crippen MR) is 76.3 cm³/mol. The summed E-state index contributed by atoms with van der Waals surface area (Å²) in [6.07, 6.45) is 6.11. The molecule has 0 saturated carbocycles. The van der Waals surface area contributed by atoms with Gasteiger partial charge in [0.25, 0.3) is 0 Å². The molecule has 0 aromatic carbocycles. The summed E-state index contributed by atoms with van der Waals surface area (Å²) in [7, 11) is 1.77. The maximum Gasteiger partial charge on any atom is 0.0957 e. The Morgan fingerprint density at radius 3 is 3.11 bits per heavy atom. The number of nitrogens with one attached hydrogen (secondary N) is 1. The van der Waals surface area contributed by atoms with Crippen LogP contribution < -0.4 is 5.32 Å². The van der Waals surface area contributed by atoms with E-state index in [1.54, 1.807) is 7.11 Å². The summed E-state index contributed by atoms with van der Waals surface area (Å²) >= 11 is 1.89. The summed E-state index contributed by atoms with van der Waals surface area (Å²) in [5.41, 5.74) is 1.32. The maximum atomic E-state index is 5.33. The van der Waals surface area contributed by atoms with Crippen molar-refractivity contribution in [2.24, 2.45) is 0 Å². The van der Waals surface area contributed by atoms with E-state index in [0.29, 0.717) is 6.04 Å². The Morgan fingerprint density at radius 1 is 1.56 bits per heavy atom. The van der Waals surface area contributed by atoms with E-state index >= 15 is 0 Å². The molecule has 1 aliphatic rings. The van der Waals surface area contributed by atoms with E-state index in [9.17, 15) is 0 Å². The fourth-order valence-corrected chi connectivity index (χ4v) is 3.69. The molecule has 1 aromatic rings. The van der Waals surface area contributed by atoms with Crippen LogP contribution in [0.1, 0.15) is 54.7 Å². The third kappa shape index (κ3) is 3.31. The molecule has 0 saturated heterocycles. The van der Waals surface area contributed by atoms with Crippen molar-refractivity contribution in [3.8, 4) is 0 Å². The van der Waals surface area contributed by atoms with Gasteiger partial charge in [-0.05, 0) is 39.2 Å². The predicted octanol–water partition coefficient (Wildman–Crippen LogP) is 3.10. The van der Waals surface area contributed by atoms with Crippen molar-refractivity contribution in [3.05, 3.63) is 15.6 Å². The highest BCUT2D eigenvalue weighted by Crippen LogP contribution is 2.33. The number of fused-ring (bicyclic) bond motifs is 1. The van der Waals surface area contributed by atoms with Crippen molar-refractivity contribution >= 4 is 11.3 Å². The van der Waals surface area contributed by atoms with Gasteiger partial charge in [0.2, 0.25) is 0 Å². The van der Waals surface area contributed by atoms with Gasteiger partial charge in [0.1, 0.15) is 0 Å². The quantitative estimate of drug-likeness (QED) is 0.861. The molecule has 2 atom stereocenters. The van der Waals surface area contributed by atoms with Crippen molar-refractivity contribution < 1.29 is 4.74 Å². The number of aromatic nitrogens is 1. The molecular weight excluding hydrogens is 244 g/mol. The van der Waals surface area contributed by atoms with Crippen LogP contribution >= 0.6 is 11.3 Å². The fourth-order valence-electron chi connectivity index (χ4n) is 2.40. The van der Waals surface area contributed by atoms with Gasteiger partial charge in [0, 0.05) is 18.4 Å². The number of ether oxygens (including phenoxy) is 1. The molecule has 0 fully saturated rings. The molecule has 3 nitrogen and oxygen atoms in total. The molecule has 0 aliphatic heterocycles. The summed E-state index contributed by atoms with van der Waals surface area (Å²) in [6, 6.07) is 0.483. The Kier molecular flexibility index (Phi) is 5.15. The summed E-state index contributed by atoms with van der Waals surface area (Å²) < 4.78 is 5.33. The summed E-state index contributed by atoms with van der Waals surface area (Å²) in [6.45, 7) is 5.40. The first-order valence-corrected chi connectivity index (χ1v) is 7.80. The highest BCUT2D eigenvalue weighted by atomic mass is 32.1. The van der Waals surface area contributed by atoms with Gasteiger partial charge in [0.15, 0.2) is 0 Å². The number of nitrogens with zero attached hydrogens (tertiary/aromatic N) is 1. The highest BCUT2D eigenvalue weighted by molar-refractivity contribution is 7.11. The van der Waals surface area contributed by atoms with Crippen LogP contribution in [0.15, 0.2) is 0 Å². The molecule has 0 bridgehead atoms. The third-order valence-electron chi connectivity index (χ3n) is 3.50. The van der Waals surface area contributed by atoms with Crippen molar-refractivity contribution in [1.82, 2.24) is 10.3 Å². The summed E-state index contributed by atoms with van der Waals surface area (Å²) in [5.74, 6) is 0. The minimum atomic E-state index is 0.264. The van der Waals surface area contributed by atoms with Gasteiger partial charge in [-0.15, -0.1) is 11.3 Å². The van der Waals surface area contributed by atoms with Crippen LogP contribution in [0.5, 0.6) is 0 Å². The molecule has 1 aliphatic carbocycles. The Balaban J connectivity index is 2.07. The summed E-state index contributed by atoms with van der Waals surface area (Å²) in [4.78, 5) is 6.34. The molecule has 1 aromatic heterocycles.